The molecule has 3 heteroatoms. The molecule has 0 unspecified atom stereocenters. The lowest BCUT2D eigenvalue weighted by atomic mass is 9.73. The van der Waals surface area contributed by atoms with Crippen molar-refractivity contribution in [1.29, 1.82) is 5.26 Å². The topological polar surface area (TPSA) is 39.9 Å². The summed E-state index contributed by atoms with van der Waals surface area (Å²) in [4.78, 5) is 6.72. The van der Waals surface area contributed by atoms with Crippen molar-refractivity contribution in [1.82, 2.24) is 4.98 Å². The summed E-state index contributed by atoms with van der Waals surface area (Å²) >= 11 is 0. The minimum atomic E-state index is -0.117. The maximum atomic E-state index is 9.78. The van der Waals surface area contributed by atoms with Gasteiger partial charge < -0.3 is 4.90 Å². The van der Waals surface area contributed by atoms with Crippen LogP contribution in [0.15, 0.2) is 116 Å². The van der Waals surface area contributed by atoms with Gasteiger partial charge in [0.05, 0.1) is 28.7 Å². The summed E-state index contributed by atoms with van der Waals surface area (Å²) in [6, 6.07) is 38.3. The molecule has 1 aliphatic heterocycles. The molecule has 0 spiro atoms. The maximum absolute atomic E-state index is 9.78. The summed E-state index contributed by atoms with van der Waals surface area (Å²) in [5.74, 6) is 0. The van der Waals surface area contributed by atoms with Gasteiger partial charge in [-0.2, -0.15) is 5.26 Å². The van der Waals surface area contributed by atoms with Gasteiger partial charge in [-0.15, -0.1) is 0 Å². The molecule has 6 rings (SSSR count). The van der Waals surface area contributed by atoms with Gasteiger partial charge in [-0.1, -0.05) is 92.7 Å². The van der Waals surface area contributed by atoms with Crippen LogP contribution in [0.25, 0.3) is 22.3 Å². The first-order valence-corrected chi connectivity index (χ1v) is 12.1. The van der Waals surface area contributed by atoms with E-state index in [0.717, 1.165) is 27.9 Å². The predicted octanol–water partition coefficient (Wildman–Crippen LogP) is 8.40. The molecule has 1 aromatic heterocycles. The fraction of sp³-hybridized carbons (Fsp3) is 0.0909. The van der Waals surface area contributed by atoms with Gasteiger partial charge in [0.25, 0.3) is 0 Å². The van der Waals surface area contributed by atoms with E-state index in [9.17, 15) is 5.26 Å². The highest BCUT2D eigenvalue weighted by Crippen LogP contribution is 2.53. The third-order valence-electron chi connectivity index (χ3n) is 7.23. The Morgan fingerprint density at radius 3 is 1.72 bits per heavy atom. The zero-order valence-electron chi connectivity index (χ0n) is 20.3. The molecule has 36 heavy (non-hydrogen) atoms. The zero-order valence-corrected chi connectivity index (χ0v) is 20.3. The highest BCUT2D eigenvalue weighted by atomic mass is 15.2. The number of hydrogen-bond acceptors (Lipinski definition) is 3. The molecule has 0 bridgehead atoms. The van der Waals surface area contributed by atoms with Gasteiger partial charge in [0, 0.05) is 28.9 Å². The minimum Gasteiger partial charge on any atom is -0.309 e. The fourth-order valence-corrected chi connectivity index (χ4v) is 5.48. The summed E-state index contributed by atoms with van der Waals surface area (Å²) in [5.41, 5.74) is 10.6. The SMILES string of the molecule is CC1(C)c2ccccc2N(c2ccccc2-c2ccccc2-c2cnccc2C#N)c2ccccc21. The zero-order chi connectivity index (χ0) is 24.7. The standard InChI is InChI=1S/C33H25N3/c1-33(2)28-14-6-9-17-31(28)36(32-18-10-7-15-29(32)33)30-16-8-5-13-26(30)24-11-3-4-12-25(24)27-22-35-20-19-23(27)21-34/h3-20,22H,1-2H3. The second kappa shape index (κ2) is 8.52. The maximum Gasteiger partial charge on any atom is 0.0999 e. The molecule has 0 amide bonds. The minimum absolute atomic E-state index is 0.117. The molecule has 5 aromatic rings. The van der Waals surface area contributed by atoms with Crippen molar-refractivity contribution in [2.24, 2.45) is 0 Å². The lowest BCUT2D eigenvalue weighted by molar-refractivity contribution is 0.632. The number of para-hydroxylation sites is 3. The van der Waals surface area contributed by atoms with Crippen molar-refractivity contribution in [3.63, 3.8) is 0 Å². The number of aromatic nitrogens is 1. The van der Waals surface area contributed by atoms with Gasteiger partial charge in [-0.3, -0.25) is 4.98 Å². The van der Waals surface area contributed by atoms with Gasteiger partial charge in [-0.05, 0) is 46.5 Å². The van der Waals surface area contributed by atoms with E-state index in [1.807, 2.05) is 6.07 Å². The van der Waals surface area contributed by atoms with Gasteiger partial charge >= 0.3 is 0 Å². The summed E-state index contributed by atoms with van der Waals surface area (Å²) in [6.07, 6.45) is 3.45. The summed E-state index contributed by atoms with van der Waals surface area (Å²) in [5, 5.41) is 9.78. The number of pyridine rings is 1. The Kier molecular flexibility index (Phi) is 5.16. The van der Waals surface area contributed by atoms with E-state index in [4.69, 9.17) is 0 Å². The molecule has 0 saturated carbocycles. The van der Waals surface area contributed by atoms with Crippen LogP contribution in [0.2, 0.25) is 0 Å². The molecular formula is C33H25N3. The van der Waals surface area contributed by atoms with Crippen LogP contribution in [0.3, 0.4) is 0 Å². The Morgan fingerprint density at radius 2 is 1.11 bits per heavy atom. The first-order chi connectivity index (χ1) is 17.6. The number of hydrogen-bond donors (Lipinski definition) is 0. The van der Waals surface area contributed by atoms with Crippen molar-refractivity contribution in [3.05, 3.63) is 132 Å². The molecule has 2 heterocycles. The Bertz CT molecular complexity index is 1590. The molecule has 0 atom stereocenters. The van der Waals surface area contributed by atoms with E-state index in [0.29, 0.717) is 5.56 Å². The van der Waals surface area contributed by atoms with Crippen molar-refractivity contribution >= 4 is 17.1 Å². The quantitative estimate of drug-likeness (QED) is 0.270. The number of nitrogens with zero attached hydrogens (tertiary/aromatic N) is 3. The smallest absolute Gasteiger partial charge is 0.0999 e. The summed E-state index contributed by atoms with van der Waals surface area (Å²) < 4.78 is 0. The Balaban J connectivity index is 1.63. The van der Waals surface area contributed by atoms with Crippen LogP contribution in [0, 0.1) is 11.3 Å². The van der Waals surface area contributed by atoms with E-state index in [1.165, 1.54) is 22.5 Å². The van der Waals surface area contributed by atoms with Gasteiger partial charge in [0.15, 0.2) is 0 Å². The van der Waals surface area contributed by atoms with Gasteiger partial charge in [0.2, 0.25) is 0 Å². The number of fused-ring (bicyclic) bond motifs is 2. The Morgan fingerprint density at radius 1 is 0.611 bits per heavy atom. The second-order valence-electron chi connectivity index (χ2n) is 9.59. The Labute approximate surface area is 211 Å². The molecule has 0 radical (unpaired) electrons. The average Bonchev–Trinajstić information content (AvgIpc) is 2.93. The van der Waals surface area contributed by atoms with Crippen molar-refractivity contribution < 1.29 is 0 Å². The number of rotatable bonds is 3. The third kappa shape index (κ3) is 3.31. The van der Waals surface area contributed by atoms with Crippen LogP contribution in [0.5, 0.6) is 0 Å². The van der Waals surface area contributed by atoms with Crippen molar-refractivity contribution in [2.75, 3.05) is 4.90 Å². The fourth-order valence-electron chi connectivity index (χ4n) is 5.48. The second-order valence-corrected chi connectivity index (χ2v) is 9.59. The van der Waals surface area contributed by atoms with E-state index < -0.39 is 0 Å². The molecule has 0 aliphatic carbocycles. The highest BCUT2D eigenvalue weighted by Gasteiger charge is 2.37. The van der Waals surface area contributed by atoms with E-state index in [2.05, 4.69) is 121 Å². The molecule has 0 saturated heterocycles. The van der Waals surface area contributed by atoms with Gasteiger partial charge in [-0.25, -0.2) is 0 Å². The van der Waals surface area contributed by atoms with E-state index >= 15 is 0 Å². The third-order valence-corrected chi connectivity index (χ3v) is 7.23. The Hall–Kier alpha value is -4.68. The molecule has 3 nitrogen and oxygen atoms in total. The van der Waals surface area contributed by atoms with Crippen molar-refractivity contribution in [2.45, 2.75) is 19.3 Å². The largest absolute Gasteiger partial charge is 0.309 e. The first-order valence-electron chi connectivity index (χ1n) is 12.1. The molecule has 172 valence electrons. The van der Waals surface area contributed by atoms with Crippen LogP contribution in [-0.4, -0.2) is 4.98 Å². The average molecular weight is 464 g/mol. The molecule has 1 aliphatic rings. The van der Waals surface area contributed by atoms with E-state index in [1.54, 1.807) is 18.5 Å². The monoisotopic (exact) mass is 463 g/mol. The number of nitriles is 1. The summed E-state index contributed by atoms with van der Waals surface area (Å²) in [7, 11) is 0. The van der Waals surface area contributed by atoms with Crippen LogP contribution in [0.4, 0.5) is 17.1 Å². The van der Waals surface area contributed by atoms with E-state index in [-0.39, 0.29) is 5.41 Å². The molecule has 0 N–H and O–H groups in total. The molecule has 0 fully saturated rings. The highest BCUT2D eigenvalue weighted by molar-refractivity contribution is 5.96. The summed E-state index contributed by atoms with van der Waals surface area (Å²) in [6.45, 7) is 4.60. The van der Waals surface area contributed by atoms with Crippen molar-refractivity contribution in [3.8, 4) is 28.3 Å². The first kappa shape index (κ1) is 21.8. The van der Waals surface area contributed by atoms with Crippen LogP contribution >= 0.6 is 0 Å². The normalized spacial score (nSPS) is 13.4. The van der Waals surface area contributed by atoms with Crippen LogP contribution < -0.4 is 4.90 Å². The predicted molar refractivity (Wildman–Crippen MR) is 147 cm³/mol. The molecular weight excluding hydrogens is 438 g/mol. The lowest BCUT2D eigenvalue weighted by Gasteiger charge is -2.42. The lowest BCUT2D eigenvalue weighted by Crippen LogP contribution is -2.30. The molecule has 4 aromatic carbocycles. The van der Waals surface area contributed by atoms with Crippen LogP contribution in [0.1, 0.15) is 30.5 Å². The number of anilines is 3. The number of benzene rings is 4. The van der Waals surface area contributed by atoms with Gasteiger partial charge in [0.1, 0.15) is 0 Å². The van der Waals surface area contributed by atoms with Crippen LogP contribution in [-0.2, 0) is 5.41 Å².